The lowest BCUT2D eigenvalue weighted by molar-refractivity contribution is -0.384. The summed E-state index contributed by atoms with van der Waals surface area (Å²) in [5.74, 6) is 0.801. The smallest absolute Gasteiger partial charge is 0.269 e. The zero-order valence-electron chi connectivity index (χ0n) is 11.3. The van der Waals surface area contributed by atoms with Crippen molar-refractivity contribution in [2.45, 2.75) is 13.1 Å². The number of nitrogens with two attached hydrogens (primary N) is 1. The molecular formula is C15H14N4O2. The summed E-state index contributed by atoms with van der Waals surface area (Å²) in [6, 6.07) is 14.4. The van der Waals surface area contributed by atoms with Crippen molar-refractivity contribution in [3.05, 3.63) is 70.0 Å². The number of rotatable bonds is 4. The minimum Gasteiger partial charge on any atom is -0.324 e. The monoisotopic (exact) mass is 282 g/mol. The first-order valence-corrected chi connectivity index (χ1v) is 6.56. The van der Waals surface area contributed by atoms with E-state index in [2.05, 4.69) is 4.98 Å². The van der Waals surface area contributed by atoms with Gasteiger partial charge in [0.05, 0.1) is 22.5 Å². The number of para-hydroxylation sites is 2. The quantitative estimate of drug-likeness (QED) is 0.588. The number of nitrogens with zero attached hydrogens (tertiary/aromatic N) is 3. The normalized spacial score (nSPS) is 10.9. The third-order valence-electron chi connectivity index (χ3n) is 3.40. The predicted molar refractivity (Wildman–Crippen MR) is 79.8 cm³/mol. The number of aromatic nitrogens is 2. The third kappa shape index (κ3) is 2.48. The first-order valence-electron chi connectivity index (χ1n) is 6.56. The molecule has 0 bridgehead atoms. The van der Waals surface area contributed by atoms with Crippen LogP contribution in [0.4, 0.5) is 5.69 Å². The van der Waals surface area contributed by atoms with Gasteiger partial charge in [-0.05, 0) is 17.7 Å². The van der Waals surface area contributed by atoms with Crippen LogP contribution in [-0.2, 0) is 13.1 Å². The van der Waals surface area contributed by atoms with Crippen LogP contribution in [0.15, 0.2) is 48.5 Å². The van der Waals surface area contributed by atoms with Crippen LogP contribution >= 0.6 is 0 Å². The van der Waals surface area contributed by atoms with E-state index in [1.165, 1.54) is 12.1 Å². The standard InChI is InChI=1S/C15H14N4O2/c16-9-15-17-13-3-1-2-4-14(13)18(15)10-11-5-7-12(8-6-11)19(20)21/h1-8H,9-10,16H2. The fraction of sp³-hybridized carbons (Fsp3) is 0.133. The van der Waals surface area contributed by atoms with Crippen molar-refractivity contribution in [3.8, 4) is 0 Å². The molecule has 2 aromatic carbocycles. The maximum Gasteiger partial charge on any atom is 0.269 e. The summed E-state index contributed by atoms with van der Waals surface area (Å²) in [7, 11) is 0. The molecule has 0 unspecified atom stereocenters. The summed E-state index contributed by atoms with van der Waals surface area (Å²) >= 11 is 0. The largest absolute Gasteiger partial charge is 0.324 e. The predicted octanol–water partition coefficient (Wildman–Crippen LogP) is 2.45. The highest BCUT2D eigenvalue weighted by Crippen LogP contribution is 2.19. The minimum atomic E-state index is -0.401. The Labute approximate surface area is 121 Å². The Bertz CT molecular complexity index is 793. The van der Waals surface area contributed by atoms with Gasteiger partial charge in [0.15, 0.2) is 0 Å². The van der Waals surface area contributed by atoms with Crippen molar-refractivity contribution >= 4 is 16.7 Å². The molecule has 0 amide bonds. The van der Waals surface area contributed by atoms with Gasteiger partial charge in [-0.2, -0.15) is 0 Å². The molecule has 3 aromatic rings. The van der Waals surface area contributed by atoms with E-state index in [1.807, 2.05) is 28.8 Å². The zero-order valence-corrected chi connectivity index (χ0v) is 11.3. The third-order valence-corrected chi connectivity index (χ3v) is 3.40. The van der Waals surface area contributed by atoms with Crippen LogP contribution in [0.2, 0.25) is 0 Å². The van der Waals surface area contributed by atoms with Crippen molar-refractivity contribution < 1.29 is 4.92 Å². The molecule has 1 aromatic heterocycles. The summed E-state index contributed by atoms with van der Waals surface area (Å²) < 4.78 is 2.04. The number of hydrogen-bond acceptors (Lipinski definition) is 4. The number of nitro groups is 1. The number of hydrogen-bond donors (Lipinski definition) is 1. The Morgan fingerprint density at radius 3 is 2.52 bits per heavy atom. The van der Waals surface area contributed by atoms with Gasteiger partial charge in [-0.3, -0.25) is 10.1 Å². The lowest BCUT2D eigenvalue weighted by Crippen LogP contribution is -2.09. The summed E-state index contributed by atoms with van der Waals surface area (Å²) in [4.78, 5) is 14.8. The molecule has 2 N–H and O–H groups in total. The number of non-ortho nitro benzene ring substituents is 1. The van der Waals surface area contributed by atoms with E-state index < -0.39 is 4.92 Å². The molecule has 0 fully saturated rings. The lowest BCUT2D eigenvalue weighted by atomic mass is 10.2. The summed E-state index contributed by atoms with van der Waals surface area (Å²) in [5, 5.41) is 10.7. The van der Waals surface area contributed by atoms with Crippen LogP contribution in [0.1, 0.15) is 11.4 Å². The highest BCUT2D eigenvalue weighted by molar-refractivity contribution is 5.76. The van der Waals surface area contributed by atoms with Gasteiger partial charge < -0.3 is 10.3 Å². The Morgan fingerprint density at radius 2 is 1.86 bits per heavy atom. The van der Waals surface area contributed by atoms with Crippen molar-refractivity contribution in [2.24, 2.45) is 5.73 Å². The van der Waals surface area contributed by atoms with Crippen molar-refractivity contribution in [3.63, 3.8) is 0 Å². The number of fused-ring (bicyclic) bond motifs is 1. The maximum absolute atomic E-state index is 10.7. The van der Waals surface area contributed by atoms with E-state index in [1.54, 1.807) is 12.1 Å². The van der Waals surface area contributed by atoms with Gasteiger partial charge in [0.1, 0.15) is 5.82 Å². The van der Waals surface area contributed by atoms with Gasteiger partial charge >= 0.3 is 0 Å². The lowest BCUT2D eigenvalue weighted by Gasteiger charge is -2.08. The van der Waals surface area contributed by atoms with E-state index in [9.17, 15) is 10.1 Å². The topological polar surface area (TPSA) is 87.0 Å². The first-order chi connectivity index (χ1) is 10.2. The van der Waals surface area contributed by atoms with Crippen molar-refractivity contribution in [1.82, 2.24) is 9.55 Å². The van der Waals surface area contributed by atoms with Crippen LogP contribution in [-0.4, -0.2) is 14.5 Å². The van der Waals surface area contributed by atoms with Gasteiger partial charge in [-0.25, -0.2) is 4.98 Å². The molecule has 0 aliphatic rings. The van der Waals surface area contributed by atoms with E-state index in [0.29, 0.717) is 13.1 Å². The molecule has 6 nitrogen and oxygen atoms in total. The van der Waals surface area contributed by atoms with Crippen LogP contribution in [0.25, 0.3) is 11.0 Å². The van der Waals surface area contributed by atoms with Crippen LogP contribution in [0.3, 0.4) is 0 Å². The van der Waals surface area contributed by atoms with Crippen LogP contribution < -0.4 is 5.73 Å². The average molecular weight is 282 g/mol. The molecular weight excluding hydrogens is 268 g/mol. The van der Waals surface area contributed by atoms with E-state index in [4.69, 9.17) is 5.73 Å². The molecule has 6 heteroatoms. The Morgan fingerprint density at radius 1 is 1.14 bits per heavy atom. The molecule has 0 spiro atoms. The highest BCUT2D eigenvalue weighted by Gasteiger charge is 2.10. The molecule has 3 rings (SSSR count). The SMILES string of the molecule is NCc1nc2ccccc2n1Cc1ccc([N+](=O)[O-])cc1. The van der Waals surface area contributed by atoms with Crippen molar-refractivity contribution in [2.75, 3.05) is 0 Å². The minimum absolute atomic E-state index is 0.0910. The molecule has 0 aliphatic heterocycles. The van der Waals surface area contributed by atoms with Gasteiger partial charge in [0.2, 0.25) is 0 Å². The molecule has 21 heavy (non-hydrogen) atoms. The summed E-state index contributed by atoms with van der Waals surface area (Å²) in [6.07, 6.45) is 0. The molecule has 1 heterocycles. The van der Waals surface area contributed by atoms with Gasteiger partial charge in [-0.1, -0.05) is 24.3 Å². The highest BCUT2D eigenvalue weighted by atomic mass is 16.6. The fourth-order valence-corrected chi connectivity index (χ4v) is 2.36. The molecule has 0 atom stereocenters. The van der Waals surface area contributed by atoms with Crippen LogP contribution in [0.5, 0.6) is 0 Å². The molecule has 0 saturated carbocycles. The number of benzene rings is 2. The Kier molecular flexibility index (Phi) is 3.37. The molecule has 0 aliphatic carbocycles. The summed E-state index contributed by atoms with van der Waals surface area (Å²) in [5.41, 5.74) is 8.73. The molecule has 106 valence electrons. The van der Waals surface area contributed by atoms with Crippen molar-refractivity contribution in [1.29, 1.82) is 0 Å². The van der Waals surface area contributed by atoms with Gasteiger partial charge in [0.25, 0.3) is 5.69 Å². The second-order valence-electron chi connectivity index (χ2n) is 4.73. The Balaban J connectivity index is 1.99. The second kappa shape index (κ2) is 5.34. The first kappa shape index (κ1) is 13.3. The maximum atomic E-state index is 10.7. The van der Waals surface area contributed by atoms with Crippen LogP contribution in [0, 0.1) is 10.1 Å². The van der Waals surface area contributed by atoms with Gasteiger partial charge in [-0.15, -0.1) is 0 Å². The van der Waals surface area contributed by atoms with Gasteiger partial charge in [0, 0.05) is 18.7 Å². The van der Waals surface area contributed by atoms with E-state index >= 15 is 0 Å². The molecule has 0 saturated heterocycles. The second-order valence-corrected chi connectivity index (χ2v) is 4.73. The average Bonchev–Trinajstić information content (AvgIpc) is 2.86. The fourth-order valence-electron chi connectivity index (χ4n) is 2.36. The Hall–Kier alpha value is -2.73. The zero-order chi connectivity index (χ0) is 14.8. The number of imidazole rings is 1. The number of nitro benzene ring substituents is 1. The van der Waals surface area contributed by atoms with E-state index in [-0.39, 0.29) is 5.69 Å². The summed E-state index contributed by atoms with van der Waals surface area (Å²) in [6.45, 7) is 0.937. The van der Waals surface area contributed by atoms with E-state index in [0.717, 1.165) is 22.4 Å². The molecule has 0 radical (unpaired) electrons.